The number of esters is 2. The molecule has 6 nitrogen and oxygen atoms in total. The van der Waals surface area contributed by atoms with Crippen LogP contribution in [-0.2, 0) is 19.1 Å². The molecule has 0 radical (unpaired) electrons. The molecule has 0 heterocycles. The predicted octanol–water partition coefficient (Wildman–Crippen LogP) is -0.0130. The molecule has 6 heteroatoms. The van der Waals surface area contributed by atoms with E-state index in [4.69, 9.17) is 0 Å². The highest BCUT2D eigenvalue weighted by atomic mass is 16.5. The molecule has 0 unspecified atom stereocenters. The molecule has 0 bridgehead atoms. The van der Waals surface area contributed by atoms with Crippen LogP contribution < -0.4 is 10.9 Å². The highest BCUT2D eigenvalue weighted by molar-refractivity contribution is 5.69. The predicted molar refractivity (Wildman–Crippen MR) is 58.5 cm³/mol. The van der Waals surface area contributed by atoms with E-state index in [0.717, 1.165) is 12.8 Å². The van der Waals surface area contributed by atoms with Gasteiger partial charge in [-0.1, -0.05) is 0 Å². The van der Waals surface area contributed by atoms with Crippen molar-refractivity contribution in [3.05, 3.63) is 0 Å². The molecule has 0 aliphatic rings. The van der Waals surface area contributed by atoms with Crippen molar-refractivity contribution in [3.63, 3.8) is 0 Å². The highest BCUT2D eigenvalue weighted by Gasteiger charge is 1.99. The summed E-state index contributed by atoms with van der Waals surface area (Å²) in [5.74, 6) is -0.403. The van der Waals surface area contributed by atoms with Crippen molar-refractivity contribution in [1.29, 1.82) is 0 Å². The number of carbonyl (C=O) groups excluding carboxylic acids is 2. The first-order chi connectivity index (χ1) is 7.70. The van der Waals surface area contributed by atoms with Crippen LogP contribution in [0.2, 0.25) is 0 Å². The number of hydrogen-bond acceptors (Lipinski definition) is 6. The van der Waals surface area contributed by atoms with Gasteiger partial charge in [-0.05, 0) is 12.8 Å². The normalized spacial score (nSPS) is 9.88. The maximum atomic E-state index is 10.7. The van der Waals surface area contributed by atoms with Gasteiger partial charge < -0.3 is 9.47 Å². The van der Waals surface area contributed by atoms with E-state index >= 15 is 0 Å². The van der Waals surface area contributed by atoms with Crippen molar-refractivity contribution in [2.24, 2.45) is 0 Å². The van der Waals surface area contributed by atoms with Gasteiger partial charge in [0.2, 0.25) is 0 Å². The Kier molecular flexibility index (Phi) is 9.64. The molecular weight excluding hydrogens is 212 g/mol. The standard InChI is InChI=1S/C10H20N2O4/c1-15-9(13)5-3-7-11-12-8-4-6-10(14)16-2/h11-12H,3-8H2,1-2H3. The molecule has 0 amide bonds. The molecule has 0 spiro atoms. The molecule has 2 N–H and O–H groups in total. The first-order valence-corrected chi connectivity index (χ1v) is 5.30. The minimum Gasteiger partial charge on any atom is -0.469 e. The van der Waals surface area contributed by atoms with Gasteiger partial charge in [-0.2, -0.15) is 0 Å². The molecular formula is C10H20N2O4. The molecule has 0 aromatic heterocycles. The van der Waals surface area contributed by atoms with Crippen LogP contribution in [0.5, 0.6) is 0 Å². The molecule has 0 aliphatic carbocycles. The van der Waals surface area contributed by atoms with E-state index in [-0.39, 0.29) is 11.9 Å². The summed E-state index contributed by atoms with van der Waals surface area (Å²) in [6.07, 6.45) is 2.26. The smallest absolute Gasteiger partial charge is 0.305 e. The fourth-order valence-corrected chi connectivity index (χ4v) is 1.02. The van der Waals surface area contributed by atoms with E-state index < -0.39 is 0 Å². The van der Waals surface area contributed by atoms with Gasteiger partial charge >= 0.3 is 11.9 Å². The number of carbonyl (C=O) groups is 2. The Morgan fingerprint density at radius 2 is 1.25 bits per heavy atom. The number of ether oxygens (including phenoxy) is 2. The molecule has 0 saturated carbocycles. The summed E-state index contributed by atoms with van der Waals surface area (Å²) in [5, 5.41) is 0. The highest BCUT2D eigenvalue weighted by Crippen LogP contribution is 1.90. The molecule has 16 heavy (non-hydrogen) atoms. The van der Waals surface area contributed by atoms with Crippen LogP contribution in [-0.4, -0.2) is 39.2 Å². The second kappa shape index (κ2) is 10.4. The Hall–Kier alpha value is -1.14. The van der Waals surface area contributed by atoms with Crippen LogP contribution in [0.3, 0.4) is 0 Å². The number of hydrazine groups is 1. The summed E-state index contributed by atoms with van der Waals surface area (Å²) in [4.78, 5) is 21.5. The van der Waals surface area contributed by atoms with Gasteiger partial charge in [0.15, 0.2) is 0 Å². The van der Waals surface area contributed by atoms with Gasteiger partial charge in [-0.25, -0.2) is 0 Å². The minimum atomic E-state index is -0.201. The van der Waals surface area contributed by atoms with E-state index in [2.05, 4.69) is 20.3 Å². The zero-order valence-corrected chi connectivity index (χ0v) is 9.88. The van der Waals surface area contributed by atoms with Crippen molar-refractivity contribution in [2.45, 2.75) is 25.7 Å². The summed E-state index contributed by atoms with van der Waals surface area (Å²) >= 11 is 0. The summed E-state index contributed by atoms with van der Waals surface area (Å²) in [5.41, 5.74) is 5.89. The molecule has 0 fully saturated rings. The first-order valence-electron chi connectivity index (χ1n) is 5.30. The zero-order chi connectivity index (χ0) is 12.2. The SMILES string of the molecule is COC(=O)CCCNNCCCC(=O)OC. The van der Waals surface area contributed by atoms with Crippen LogP contribution in [0.1, 0.15) is 25.7 Å². The fraction of sp³-hybridized carbons (Fsp3) is 0.800. The third-order valence-corrected chi connectivity index (χ3v) is 1.95. The zero-order valence-electron chi connectivity index (χ0n) is 9.88. The second-order valence-electron chi connectivity index (χ2n) is 3.21. The molecule has 0 aromatic rings. The lowest BCUT2D eigenvalue weighted by molar-refractivity contribution is -0.141. The lowest BCUT2D eigenvalue weighted by Gasteiger charge is -2.05. The van der Waals surface area contributed by atoms with Crippen molar-refractivity contribution in [1.82, 2.24) is 10.9 Å². The van der Waals surface area contributed by atoms with Gasteiger partial charge in [-0.3, -0.25) is 20.4 Å². The van der Waals surface area contributed by atoms with Crippen LogP contribution in [0.4, 0.5) is 0 Å². The Morgan fingerprint density at radius 3 is 1.56 bits per heavy atom. The van der Waals surface area contributed by atoms with E-state index in [0.29, 0.717) is 25.9 Å². The van der Waals surface area contributed by atoms with E-state index in [1.165, 1.54) is 14.2 Å². The third-order valence-electron chi connectivity index (χ3n) is 1.95. The molecule has 0 aliphatic heterocycles. The first kappa shape index (κ1) is 14.9. The number of nitrogens with one attached hydrogen (secondary N) is 2. The number of methoxy groups -OCH3 is 2. The minimum absolute atomic E-state index is 0.201. The molecule has 0 atom stereocenters. The summed E-state index contributed by atoms with van der Waals surface area (Å²) < 4.78 is 8.99. The van der Waals surface area contributed by atoms with Crippen LogP contribution >= 0.6 is 0 Å². The average molecular weight is 232 g/mol. The Labute approximate surface area is 95.6 Å². The van der Waals surface area contributed by atoms with Gasteiger partial charge in [-0.15, -0.1) is 0 Å². The van der Waals surface area contributed by atoms with Crippen LogP contribution in [0.15, 0.2) is 0 Å². The number of hydrogen-bond donors (Lipinski definition) is 2. The Bertz CT molecular complexity index is 187. The van der Waals surface area contributed by atoms with Crippen molar-refractivity contribution in [2.75, 3.05) is 27.3 Å². The largest absolute Gasteiger partial charge is 0.469 e. The monoisotopic (exact) mass is 232 g/mol. The lowest BCUT2D eigenvalue weighted by atomic mass is 10.3. The summed E-state index contributed by atoms with van der Waals surface area (Å²) in [7, 11) is 2.75. The Morgan fingerprint density at radius 1 is 0.875 bits per heavy atom. The summed E-state index contributed by atoms with van der Waals surface area (Å²) in [6, 6.07) is 0. The molecule has 94 valence electrons. The average Bonchev–Trinajstić information content (AvgIpc) is 2.31. The quantitative estimate of drug-likeness (QED) is 0.331. The molecule has 0 saturated heterocycles. The van der Waals surface area contributed by atoms with Crippen molar-refractivity contribution in [3.8, 4) is 0 Å². The van der Waals surface area contributed by atoms with Gasteiger partial charge in [0, 0.05) is 25.9 Å². The lowest BCUT2D eigenvalue weighted by Crippen LogP contribution is -2.33. The second-order valence-corrected chi connectivity index (χ2v) is 3.21. The number of rotatable bonds is 9. The van der Waals surface area contributed by atoms with Crippen LogP contribution in [0, 0.1) is 0 Å². The van der Waals surface area contributed by atoms with Crippen molar-refractivity contribution < 1.29 is 19.1 Å². The van der Waals surface area contributed by atoms with E-state index in [1.807, 2.05) is 0 Å². The topological polar surface area (TPSA) is 76.7 Å². The third kappa shape index (κ3) is 9.42. The maximum absolute atomic E-state index is 10.7. The fourth-order valence-electron chi connectivity index (χ4n) is 1.02. The molecule has 0 rings (SSSR count). The van der Waals surface area contributed by atoms with Gasteiger partial charge in [0.1, 0.15) is 0 Å². The Balaban J connectivity index is 3.10. The van der Waals surface area contributed by atoms with Gasteiger partial charge in [0.05, 0.1) is 14.2 Å². The van der Waals surface area contributed by atoms with Crippen molar-refractivity contribution >= 4 is 11.9 Å². The summed E-state index contributed by atoms with van der Waals surface area (Å²) in [6.45, 7) is 1.38. The van der Waals surface area contributed by atoms with Crippen LogP contribution in [0.25, 0.3) is 0 Å². The molecule has 0 aromatic carbocycles. The maximum Gasteiger partial charge on any atom is 0.305 e. The van der Waals surface area contributed by atoms with E-state index in [1.54, 1.807) is 0 Å². The van der Waals surface area contributed by atoms with E-state index in [9.17, 15) is 9.59 Å². The van der Waals surface area contributed by atoms with Gasteiger partial charge in [0.25, 0.3) is 0 Å².